The van der Waals surface area contributed by atoms with Crippen molar-refractivity contribution in [3.8, 4) is 0 Å². The molecule has 0 saturated carbocycles. The van der Waals surface area contributed by atoms with Gasteiger partial charge in [0.15, 0.2) is 4.80 Å². The number of amides is 1. The molecule has 25 heavy (non-hydrogen) atoms. The van der Waals surface area contributed by atoms with Crippen molar-refractivity contribution in [2.75, 3.05) is 0 Å². The second kappa shape index (κ2) is 6.60. The lowest BCUT2D eigenvalue weighted by atomic mass is 10.1. The minimum Gasteiger partial charge on any atom is -0.480 e. The Morgan fingerprint density at radius 2 is 1.88 bits per heavy atom. The number of carboxylic acid groups (broad SMARTS) is 1. The Bertz CT molecular complexity index is 1030. The first-order valence-electron chi connectivity index (χ1n) is 7.56. The Balaban J connectivity index is 2.22. The molecular weight excluding hydrogens is 343 g/mol. The fourth-order valence-corrected chi connectivity index (χ4v) is 3.54. The van der Waals surface area contributed by atoms with E-state index in [2.05, 4.69) is 4.99 Å². The summed E-state index contributed by atoms with van der Waals surface area (Å²) >= 11 is 0.960. The summed E-state index contributed by atoms with van der Waals surface area (Å²) in [4.78, 5) is 28.1. The summed E-state index contributed by atoms with van der Waals surface area (Å²) in [5.41, 5.74) is 1.79. The van der Waals surface area contributed by atoms with Crippen LogP contribution in [0.4, 0.5) is 4.39 Å². The van der Waals surface area contributed by atoms with E-state index in [1.807, 2.05) is 6.92 Å². The third kappa shape index (κ3) is 3.23. The lowest BCUT2D eigenvalue weighted by Crippen LogP contribution is -2.25. The first kappa shape index (κ1) is 17.0. The van der Waals surface area contributed by atoms with Crippen LogP contribution in [0.3, 0.4) is 0 Å². The van der Waals surface area contributed by atoms with E-state index in [0.29, 0.717) is 11.1 Å². The highest BCUT2D eigenvalue weighted by Crippen LogP contribution is 2.23. The van der Waals surface area contributed by atoms with Crippen LogP contribution < -0.4 is 4.80 Å². The molecular formula is C18H15FN2O3S. The molecule has 0 radical (unpaired) electrons. The van der Waals surface area contributed by atoms with E-state index < -0.39 is 23.7 Å². The smallest absolute Gasteiger partial charge is 0.326 e. The van der Waals surface area contributed by atoms with Gasteiger partial charge in [0.2, 0.25) is 0 Å². The maximum absolute atomic E-state index is 14.1. The third-order valence-corrected chi connectivity index (χ3v) is 4.92. The van der Waals surface area contributed by atoms with Crippen molar-refractivity contribution >= 4 is 33.4 Å². The standard InChI is InChI=1S/C18H15FN2O3S/c1-10-6-8-12(9-7-10)16(22)20-18-21(11(2)17(23)24)14-5-3-4-13(19)15(14)25-18/h3-9,11H,1-2H3,(H,23,24)/b20-18-. The number of aromatic nitrogens is 1. The molecule has 0 fully saturated rings. The molecule has 0 aliphatic carbocycles. The molecule has 7 heteroatoms. The van der Waals surface area contributed by atoms with E-state index in [0.717, 1.165) is 16.9 Å². The summed E-state index contributed by atoms with van der Waals surface area (Å²) in [7, 11) is 0. The summed E-state index contributed by atoms with van der Waals surface area (Å²) in [6.45, 7) is 3.37. The average molecular weight is 358 g/mol. The zero-order valence-electron chi connectivity index (χ0n) is 13.6. The Hall–Kier alpha value is -2.80. The monoisotopic (exact) mass is 358 g/mol. The number of carbonyl (C=O) groups is 2. The molecule has 0 spiro atoms. The SMILES string of the molecule is Cc1ccc(C(=O)/N=c2\sc3c(F)cccc3n2C(C)C(=O)O)cc1. The highest BCUT2D eigenvalue weighted by atomic mass is 32.1. The minimum atomic E-state index is -1.09. The molecule has 1 heterocycles. The van der Waals surface area contributed by atoms with Crippen LogP contribution in [0.1, 0.15) is 28.9 Å². The zero-order chi connectivity index (χ0) is 18.1. The normalized spacial score (nSPS) is 13.2. The number of halogens is 1. The van der Waals surface area contributed by atoms with Crippen LogP contribution in [0.25, 0.3) is 10.2 Å². The number of carbonyl (C=O) groups excluding carboxylic acids is 1. The summed E-state index contributed by atoms with van der Waals surface area (Å²) in [6, 6.07) is 10.3. The van der Waals surface area contributed by atoms with E-state index in [9.17, 15) is 19.1 Å². The number of aliphatic carboxylic acids is 1. The molecule has 5 nitrogen and oxygen atoms in total. The fraction of sp³-hybridized carbons (Fsp3) is 0.167. The van der Waals surface area contributed by atoms with Gasteiger partial charge in [0, 0.05) is 5.56 Å². The second-order valence-electron chi connectivity index (χ2n) is 5.64. The van der Waals surface area contributed by atoms with Gasteiger partial charge in [-0.3, -0.25) is 4.79 Å². The average Bonchev–Trinajstić information content (AvgIpc) is 2.94. The molecule has 2 aromatic carbocycles. The number of rotatable bonds is 3. The fourth-order valence-electron chi connectivity index (χ4n) is 2.44. The van der Waals surface area contributed by atoms with Crippen molar-refractivity contribution in [3.63, 3.8) is 0 Å². The Morgan fingerprint density at radius 3 is 2.52 bits per heavy atom. The first-order chi connectivity index (χ1) is 11.9. The van der Waals surface area contributed by atoms with Gasteiger partial charge < -0.3 is 9.67 Å². The van der Waals surface area contributed by atoms with Crippen molar-refractivity contribution < 1.29 is 19.1 Å². The topological polar surface area (TPSA) is 71.7 Å². The number of hydrogen-bond acceptors (Lipinski definition) is 3. The van der Waals surface area contributed by atoms with Crippen molar-refractivity contribution in [1.29, 1.82) is 0 Å². The molecule has 0 saturated heterocycles. The highest BCUT2D eigenvalue weighted by Gasteiger charge is 2.20. The first-order valence-corrected chi connectivity index (χ1v) is 8.38. The number of benzene rings is 2. The van der Waals surface area contributed by atoms with Gasteiger partial charge in [0.05, 0.1) is 10.2 Å². The number of hydrogen-bond donors (Lipinski definition) is 1. The van der Waals surface area contributed by atoms with Crippen LogP contribution in [0.5, 0.6) is 0 Å². The van der Waals surface area contributed by atoms with Crippen molar-refractivity contribution in [2.24, 2.45) is 4.99 Å². The van der Waals surface area contributed by atoms with Crippen molar-refractivity contribution in [3.05, 3.63) is 64.2 Å². The molecule has 1 unspecified atom stereocenters. The molecule has 0 bridgehead atoms. The van der Waals surface area contributed by atoms with Gasteiger partial charge in [-0.25, -0.2) is 9.18 Å². The molecule has 1 N–H and O–H groups in total. The van der Waals surface area contributed by atoms with Gasteiger partial charge in [-0.2, -0.15) is 4.99 Å². The van der Waals surface area contributed by atoms with Crippen LogP contribution in [0.2, 0.25) is 0 Å². The van der Waals surface area contributed by atoms with Gasteiger partial charge in [0.1, 0.15) is 11.9 Å². The number of nitrogens with zero attached hydrogens (tertiary/aromatic N) is 2. The lowest BCUT2D eigenvalue weighted by molar-refractivity contribution is -0.140. The van der Waals surface area contributed by atoms with Crippen LogP contribution in [0.15, 0.2) is 47.5 Å². The largest absolute Gasteiger partial charge is 0.480 e. The van der Waals surface area contributed by atoms with Crippen molar-refractivity contribution in [1.82, 2.24) is 4.57 Å². The van der Waals surface area contributed by atoms with E-state index in [1.165, 1.54) is 23.6 Å². The Morgan fingerprint density at radius 1 is 1.20 bits per heavy atom. The van der Waals surface area contributed by atoms with Crippen LogP contribution in [0, 0.1) is 12.7 Å². The molecule has 3 rings (SSSR count). The van der Waals surface area contributed by atoms with E-state index in [1.54, 1.807) is 30.3 Å². The second-order valence-corrected chi connectivity index (χ2v) is 6.62. The Labute approximate surface area is 146 Å². The number of fused-ring (bicyclic) bond motifs is 1. The van der Waals surface area contributed by atoms with E-state index in [-0.39, 0.29) is 9.50 Å². The summed E-state index contributed by atoms with van der Waals surface area (Å²) in [5, 5.41) is 9.35. The number of thiazole rings is 1. The predicted molar refractivity (Wildman–Crippen MR) is 93.2 cm³/mol. The molecule has 0 aliphatic heterocycles. The number of carboxylic acids is 1. The summed E-state index contributed by atoms with van der Waals surface area (Å²) < 4.78 is 15.7. The van der Waals surface area contributed by atoms with Gasteiger partial charge in [0.25, 0.3) is 5.91 Å². The quantitative estimate of drug-likeness (QED) is 0.778. The maximum Gasteiger partial charge on any atom is 0.326 e. The van der Waals surface area contributed by atoms with Gasteiger partial charge in [-0.05, 0) is 38.1 Å². The van der Waals surface area contributed by atoms with Gasteiger partial charge in [-0.15, -0.1) is 0 Å². The predicted octanol–water partition coefficient (Wildman–Crippen LogP) is 3.54. The van der Waals surface area contributed by atoms with E-state index in [4.69, 9.17) is 0 Å². The van der Waals surface area contributed by atoms with Gasteiger partial charge in [-0.1, -0.05) is 35.1 Å². The number of aryl methyl sites for hydroxylation is 1. The summed E-state index contributed by atoms with van der Waals surface area (Å²) in [5.74, 6) is -2.07. The van der Waals surface area contributed by atoms with Crippen LogP contribution in [-0.2, 0) is 4.79 Å². The molecule has 1 atom stereocenters. The molecule has 3 aromatic rings. The highest BCUT2D eigenvalue weighted by molar-refractivity contribution is 7.16. The third-order valence-electron chi connectivity index (χ3n) is 3.85. The minimum absolute atomic E-state index is 0.153. The van der Waals surface area contributed by atoms with E-state index >= 15 is 0 Å². The lowest BCUT2D eigenvalue weighted by Gasteiger charge is -2.09. The van der Waals surface area contributed by atoms with Gasteiger partial charge >= 0.3 is 5.97 Å². The zero-order valence-corrected chi connectivity index (χ0v) is 14.4. The van der Waals surface area contributed by atoms with Crippen LogP contribution in [-0.4, -0.2) is 21.6 Å². The summed E-state index contributed by atoms with van der Waals surface area (Å²) in [6.07, 6.45) is 0. The molecule has 1 aromatic heterocycles. The van der Waals surface area contributed by atoms with Crippen LogP contribution >= 0.6 is 11.3 Å². The molecule has 1 amide bonds. The molecule has 128 valence electrons. The maximum atomic E-state index is 14.1. The molecule has 0 aliphatic rings. The van der Waals surface area contributed by atoms with Crippen molar-refractivity contribution in [2.45, 2.75) is 19.9 Å². The Kier molecular flexibility index (Phi) is 4.50.